The van der Waals surface area contributed by atoms with Crippen molar-refractivity contribution in [2.75, 3.05) is 10.6 Å². The molecular weight excluding hydrogens is 492 g/mol. The average Bonchev–Trinajstić information content (AvgIpc) is 2.91. The summed E-state index contributed by atoms with van der Waals surface area (Å²) >= 11 is 0. The van der Waals surface area contributed by atoms with E-state index in [1.807, 2.05) is 0 Å². The summed E-state index contributed by atoms with van der Waals surface area (Å²) in [7, 11) is 0. The van der Waals surface area contributed by atoms with Gasteiger partial charge in [0.2, 0.25) is 5.91 Å². The third kappa shape index (κ3) is 10.7. The number of hydrazone groups is 1. The van der Waals surface area contributed by atoms with Crippen LogP contribution in [0.4, 0.5) is 11.4 Å². The highest BCUT2D eigenvalue weighted by Crippen LogP contribution is 2.26. The van der Waals surface area contributed by atoms with Crippen LogP contribution in [0.25, 0.3) is 5.57 Å². The molecule has 2 aromatic heterocycles. The quantitative estimate of drug-likeness (QED) is 0.146. The van der Waals surface area contributed by atoms with E-state index in [0.717, 1.165) is 6.21 Å². The standard InChI is InChI=1S/C20H24N8O2.C9H20/c1-4-18(29)26-14-7-17(12(3)24-10-14)27-20(30)19(28-23)16-6-5-13(9-25-16)15(8-21)11(2)22;1-5-7-8-9(3,4)6-2/h5-10,21H,4,22-23H2,1-3H3,(H,26,29)(H,27,30);5-8H2,1-4H3/b15-11+,21-8?,28-19+;. The predicted molar refractivity (Wildman–Crippen MR) is 161 cm³/mol. The van der Waals surface area contributed by atoms with Gasteiger partial charge < -0.3 is 27.6 Å². The molecule has 10 heteroatoms. The lowest BCUT2D eigenvalue weighted by Crippen LogP contribution is -2.26. The van der Waals surface area contributed by atoms with Crippen LogP contribution in [0.1, 0.15) is 90.6 Å². The van der Waals surface area contributed by atoms with Gasteiger partial charge in [0.05, 0.1) is 29.0 Å². The Balaban J connectivity index is 0.000000724. The van der Waals surface area contributed by atoms with Crippen molar-refractivity contribution >= 4 is 40.7 Å². The van der Waals surface area contributed by atoms with Crippen LogP contribution in [-0.2, 0) is 9.59 Å². The molecule has 0 unspecified atom stereocenters. The molecule has 212 valence electrons. The zero-order valence-electron chi connectivity index (χ0n) is 24.3. The second kappa shape index (κ2) is 16.0. The fourth-order valence-electron chi connectivity index (χ4n) is 3.35. The SMILES string of the molecule is CCC(=O)Nc1cnc(C)c(NC(=O)/C(=N/N)c2ccc(/C(C=N)=C(\C)N)cn2)c1.CCCCC(C)(C)CC. The number of rotatable bonds is 11. The van der Waals surface area contributed by atoms with Crippen LogP contribution >= 0.6 is 0 Å². The Morgan fingerprint density at radius 1 is 1.13 bits per heavy atom. The maximum Gasteiger partial charge on any atom is 0.278 e. The molecule has 0 aromatic carbocycles. The highest BCUT2D eigenvalue weighted by Gasteiger charge is 2.18. The van der Waals surface area contributed by atoms with Crippen LogP contribution in [-0.4, -0.2) is 33.7 Å². The molecule has 0 atom stereocenters. The van der Waals surface area contributed by atoms with Crippen molar-refractivity contribution < 1.29 is 9.59 Å². The van der Waals surface area contributed by atoms with Gasteiger partial charge in [-0.05, 0) is 37.8 Å². The summed E-state index contributed by atoms with van der Waals surface area (Å²) in [5, 5.41) is 16.4. The number of aromatic nitrogens is 2. The lowest BCUT2D eigenvalue weighted by Gasteiger charge is -2.21. The van der Waals surface area contributed by atoms with Gasteiger partial charge in [-0.25, -0.2) is 0 Å². The third-order valence-electron chi connectivity index (χ3n) is 6.33. The predicted octanol–water partition coefficient (Wildman–Crippen LogP) is 5.39. The summed E-state index contributed by atoms with van der Waals surface area (Å²) in [5.74, 6) is 4.68. The molecule has 0 bridgehead atoms. The second-order valence-electron chi connectivity index (χ2n) is 9.98. The zero-order chi connectivity index (χ0) is 29.6. The van der Waals surface area contributed by atoms with Crippen molar-refractivity contribution in [1.82, 2.24) is 9.97 Å². The first-order valence-corrected chi connectivity index (χ1v) is 13.2. The molecule has 10 nitrogen and oxygen atoms in total. The van der Waals surface area contributed by atoms with Crippen LogP contribution < -0.4 is 22.2 Å². The van der Waals surface area contributed by atoms with E-state index >= 15 is 0 Å². The molecule has 2 amide bonds. The van der Waals surface area contributed by atoms with E-state index in [4.69, 9.17) is 17.0 Å². The number of nitrogens with two attached hydrogens (primary N) is 2. The number of hydrogen-bond donors (Lipinski definition) is 5. The number of carbonyl (C=O) groups excluding carboxylic acids is 2. The molecule has 7 N–H and O–H groups in total. The number of nitrogens with zero attached hydrogens (tertiary/aromatic N) is 3. The second-order valence-corrected chi connectivity index (χ2v) is 9.98. The van der Waals surface area contributed by atoms with Crippen molar-refractivity contribution in [3.8, 4) is 0 Å². The summed E-state index contributed by atoms with van der Waals surface area (Å²) in [6.07, 6.45) is 9.87. The maximum absolute atomic E-state index is 12.7. The van der Waals surface area contributed by atoms with Crippen molar-refractivity contribution in [2.45, 2.75) is 80.6 Å². The monoisotopic (exact) mass is 536 g/mol. The topological polar surface area (TPSA) is 172 Å². The summed E-state index contributed by atoms with van der Waals surface area (Å²) < 4.78 is 0. The molecule has 2 rings (SSSR count). The third-order valence-corrected chi connectivity index (χ3v) is 6.33. The van der Waals surface area contributed by atoms with Crippen LogP contribution in [0.2, 0.25) is 0 Å². The summed E-state index contributed by atoms with van der Waals surface area (Å²) in [6.45, 7) is 14.4. The fourth-order valence-corrected chi connectivity index (χ4v) is 3.35. The fraction of sp³-hybridized carbons (Fsp3) is 0.448. The van der Waals surface area contributed by atoms with E-state index < -0.39 is 5.91 Å². The van der Waals surface area contributed by atoms with E-state index in [1.165, 1.54) is 38.1 Å². The van der Waals surface area contributed by atoms with E-state index in [-0.39, 0.29) is 17.3 Å². The normalized spacial score (nSPS) is 12.0. The van der Waals surface area contributed by atoms with E-state index in [0.29, 0.717) is 45.7 Å². The van der Waals surface area contributed by atoms with E-state index in [9.17, 15) is 9.59 Å². The highest BCUT2D eigenvalue weighted by molar-refractivity contribution is 6.48. The van der Waals surface area contributed by atoms with Gasteiger partial charge in [0, 0.05) is 35.7 Å². The number of amides is 2. The lowest BCUT2D eigenvalue weighted by molar-refractivity contribution is -0.116. The van der Waals surface area contributed by atoms with Crippen molar-refractivity contribution in [2.24, 2.45) is 22.1 Å². The van der Waals surface area contributed by atoms with Gasteiger partial charge in [-0.3, -0.25) is 19.6 Å². The molecule has 0 aliphatic carbocycles. The van der Waals surface area contributed by atoms with Crippen LogP contribution in [0.5, 0.6) is 0 Å². The van der Waals surface area contributed by atoms with Gasteiger partial charge in [-0.15, -0.1) is 0 Å². The maximum atomic E-state index is 12.7. The Bertz CT molecular complexity index is 1180. The lowest BCUT2D eigenvalue weighted by atomic mass is 9.85. The number of allylic oxidation sites excluding steroid dienone is 2. The smallest absolute Gasteiger partial charge is 0.278 e. The molecule has 0 spiro atoms. The first-order valence-electron chi connectivity index (χ1n) is 13.2. The number of hydrogen-bond acceptors (Lipinski definition) is 8. The van der Waals surface area contributed by atoms with Gasteiger partial charge in [-0.2, -0.15) is 5.10 Å². The van der Waals surface area contributed by atoms with Crippen LogP contribution in [0.3, 0.4) is 0 Å². The minimum atomic E-state index is -0.584. The van der Waals surface area contributed by atoms with Crippen molar-refractivity contribution in [3.63, 3.8) is 0 Å². The average molecular weight is 537 g/mol. The van der Waals surface area contributed by atoms with Crippen molar-refractivity contribution in [1.29, 1.82) is 5.41 Å². The van der Waals surface area contributed by atoms with Gasteiger partial charge in [-0.1, -0.05) is 59.9 Å². The van der Waals surface area contributed by atoms with Crippen molar-refractivity contribution in [3.05, 3.63) is 53.2 Å². The first kappa shape index (κ1) is 32.9. The minimum Gasteiger partial charge on any atom is -0.402 e. The zero-order valence-corrected chi connectivity index (χ0v) is 24.3. The molecule has 2 heterocycles. The number of aryl methyl sites for hydroxylation is 1. The molecule has 0 aliphatic rings. The molecular formula is C29H44N8O2. The van der Waals surface area contributed by atoms with E-state index in [1.54, 1.807) is 39.0 Å². The Labute approximate surface area is 232 Å². The Morgan fingerprint density at radius 2 is 1.82 bits per heavy atom. The Hall–Kier alpha value is -4.08. The summed E-state index contributed by atoms with van der Waals surface area (Å²) in [4.78, 5) is 32.7. The molecule has 0 fully saturated rings. The first-order chi connectivity index (χ1) is 18.4. The van der Waals surface area contributed by atoms with Gasteiger partial charge in [0.15, 0.2) is 5.71 Å². The number of anilines is 2. The van der Waals surface area contributed by atoms with Crippen LogP contribution in [0, 0.1) is 17.7 Å². The minimum absolute atomic E-state index is 0.0891. The number of pyridine rings is 2. The van der Waals surface area contributed by atoms with E-state index in [2.05, 4.69) is 53.4 Å². The summed E-state index contributed by atoms with van der Waals surface area (Å²) in [5.41, 5.74) is 9.56. The van der Waals surface area contributed by atoms with Gasteiger partial charge in [0.1, 0.15) is 0 Å². The Kier molecular flexibility index (Phi) is 13.5. The number of carbonyl (C=O) groups is 2. The van der Waals surface area contributed by atoms with Gasteiger partial charge >= 0.3 is 0 Å². The molecule has 0 radical (unpaired) electrons. The Morgan fingerprint density at radius 3 is 2.31 bits per heavy atom. The largest absolute Gasteiger partial charge is 0.402 e. The van der Waals surface area contributed by atoms with Crippen LogP contribution in [0.15, 0.2) is 41.4 Å². The number of nitrogens with one attached hydrogen (secondary N) is 3. The van der Waals surface area contributed by atoms with Gasteiger partial charge in [0.25, 0.3) is 5.91 Å². The summed E-state index contributed by atoms with van der Waals surface area (Å²) in [6, 6.07) is 4.84. The molecule has 0 saturated carbocycles. The molecule has 0 aliphatic heterocycles. The molecule has 2 aromatic rings. The number of unbranched alkanes of at least 4 members (excludes halogenated alkanes) is 1. The highest BCUT2D eigenvalue weighted by atomic mass is 16.2. The molecule has 39 heavy (non-hydrogen) atoms. The molecule has 0 saturated heterocycles.